The number of carboxylic acids is 1. The van der Waals surface area contributed by atoms with Gasteiger partial charge in [0.25, 0.3) is 0 Å². The van der Waals surface area contributed by atoms with Crippen molar-refractivity contribution in [3.8, 4) is 11.5 Å². The van der Waals surface area contributed by atoms with Crippen molar-refractivity contribution in [3.05, 3.63) is 58.1 Å². The van der Waals surface area contributed by atoms with Gasteiger partial charge in [-0.15, -0.1) is 0 Å². The van der Waals surface area contributed by atoms with Crippen LogP contribution < -0.4 is 9.47 Å². The molecular weight excluding hydrogens is 380 g/mol. The number of rotatable bonds is 7. The van der Waals surface area contributed by atoms with Gasteiger partial charge in [0.2, 0.25) is 0 Å². The molecule has 0 radical (unpaired) electrons. The summed E-state index contributed by atoms with van der Waals surface area (Å²) < 4.78 is 16.2. The van der Waals surface area contributed by atoms with Gasteiger partial charge in [-0.2, -0.15) is 0 Å². The van der Waals surface area contributed by atoms with Crippen molar-refractivity contribution >= 4 is 27.9 Å². The Labute approximate surface area is 147 Å². The Kier molecular flexibility index (Phi) is 6.34. The molecule has 24 heavy (non-hydrogen) atoms. The first-order valence-corrected chi connectivity index (χ1v) is 7.77. The summed E-state index contributed by atoms with van der Waals surface area (Å²) in [5.41, 5.74) is 0.352. The number of esters is 1. The number of carbonyl (C=O) groups excluding carboxylic acids is 1. The van der Waals surface area contributed by atoms with E-state index >= 15 is 0 Å². The molecule has 7 heteroatoms. The number of methoxy groups -OCH3 is 1. The Morgan fingerprint density at radius 1 is 1.08 bits per heavy atom. The van der Waals surface area contributed by atoms with Crippen LogP contribution in [0, 0.1) is 0 Å². The SMILES string of the molecule is COCCOc1ccc(C(=O)Oc2cccc(C(=O)O)c2)cc1Br. The van der Waals surface area contributed by atoms with Crippen LogP contribution in [0.1, 0.15) is 20.7 Å². The largest absolute Gasteiger partial charge is 0.490 e. The molecule has 0 spiro atoms. The van der Waals surface area contributed by atoms with Gasteiger partial charge >= 0.3 is 11.9 Å². The van der Waals surface area contributed by atoms with E-state index in [-0.39, 0.29) is 11.3 Å². The maximum absolute atomic E-state index is 12.2. The molecule has 0 aliphatic rings. The van der Waals surface area contributed by atoms with Crippen molar-refractivity contribution in [3.63, 3.8) is 0 Å². The molecule has 0 fully saturated rings. The van der Waals surface area contributed by atoms with Gasteiger partial charge in [-0.3, -0.25) is 0 Å². The van der Waals surface area contributed by atoms with E-state index in [0.29, 0.717) is 29.0 Å². The summed E-state index contributed by atoms with van der Waals surface area (Å²) in [6.07, 6.45) is 0. The Hall–Kier alpha value is -2.38. The summed E-state index contributed by atoms with van der Waals surface area (Å²) in [6, 6.07) is 10.5. The predicted molar refractivity (Wildman–Crippen MR) is 89.9 cm³/mol. The fraction of sp³-hybridized carbons (Fsp3) is 0.176. The van der Waals surface area contributed by atoms with Gasteiger partial charge < -0.3 is 19.3 Å². The van der Waals surface area contributed by atoms with Crippen LogP contribution in [0.15, 0.2) is 46.9 Å². The normalized spacial score (nSPS) is 10.2. The zero-order valence-electron chi connectivity index (χ0n) is 12.8. The summed E-state index contributed by atoms with van der Waals surface area (Å²) in [6.45, 7) is 0.844. The van der Waals surface area contributed by atoms with E-state index in [1.54, 1.807) is 25.3 Å². The lowest BCUT2D eigenvalue weighted by atomic mass is 10.2. The molecule has 0 bridgehead atoms. The second-order valence-corrected chi connectivity index (χ2v) is 5.56. The van der Waals surface area contributed by atoms with Crippen molar-refractivity contribution in [1.29, 1.82) is 0 Å². The zero-order valence-corrected chi connectivity index (χ0v) is 14.4. The molecule has 0 amide bonds. The quantitative estimate of drug-likeness (QED) is 0.440. The third kappa shape index (κ3) is 4.81. The zero-order chi connectivity index (χ0) is 17.5. The Morgan fingerprint density at radius 3 is 2.54 bits per heavy atom. The van der Waals surface area contributed by atoms with Crippen LogP contribution in [-0.4, -0.2) is 37.4 Å². The molecule has 6 nitrogen and oxygen atoms in total. The van der Waals surface area contributed by atoms with Gasteiger partial charge in [-0.1, -0.05) is 6.07 Å². The molecule has 2 aromatic carbocycles. The van der Waals surface area contributed by atoms with Gasteiger partial charge in [0.1, 0.15) is 18.1 Å². The number of hydrogen-bond acceptors (Lipinski definition) is 5. The highest BCUT2D eigenvalue weighted by Gasteiger charge is 2.13. The van der Waals surface area contributed by atoms with Crippen LogP contribution in [0.4, 0.5) is 0 Å². The molecule has 0 saturated carbocycles. The van der Waals surface area contributed by atoms with E-state index in [4.69, 9.17) is 19.3 Å². The second-order valence-electron chi connectivity index (χ2n) is 4.71. The summed E-state index contributed by atoms with van der Waals surface area (Å²) in [4.78, 5) is 23.1. The topological polar surface area (TPSA) is 82.1 Å². The molecule has 0 unspecified atom stereocenters. The van der Waals surface area contributed by atoms with Crippen molar-refractivity contribution in [2.24, 2.45) is 0 Å². The number of halogens is 1. The fourth-order valence-electron chi connectivity index (χ4n) is 1.84. The summed E-state index contributed by atoms with van der Waals surface area (Å²) >= 11 is 3.33. The van der Waals surface area contributed by atoms with Gasteiger partial charge in [-0.05, 0) is 52.3 Å². The van der Waals surface area contributed by atoms with Crippen LogP contribution in [0.3, 0.4) is 0 Å². The molecular formula is C17H15BrO6. The lowest BCUT2D eigenvalue weighted by Crippen LogP contribution is -2.10. The number of carboxylic acid groups (broad SMARTS) is 1. The molecule has 0 aliphatic carbocycles. The smallest absolute Gasteiger partial charge is 0.343 e. The number of benzene rings is 2. The number of aromatic carboxylic acids is 1. The first kappa shape index (κ1) is 18.0. The first-order valence-electron chi connectivity index (χ1n) is 6.98. The standard InChI is InChI=1S/C17H15BrO6/c1-22-7-8-23-15-6-5-12(10-14(15)18)17(21)24-13-4-2-3-11(9-13)16(19)20/h2-6,9-10H,7-8H2,1H3,(H,19,20). The minimum Gasteiger partial charge on any atom is -0.490 e. The van der Waals surface area contributed by atoms with E-state index in [1.807, 2.05) is 0 Å². The van der Waals surface area contributed by atoms with E-state index in [9.17, 15) is 9.59 Å². The van der Waals surface area contributed by atoms with Crippen molar-refractivity contribution < 1.29 is 28.9 Å². The number of hydrogen-bond donors (Lipinski definition) is 1. The average molecular weight is 395 g/mol. The van der Waals surface area contributed by atoms with E-state index in [2.05, 4.69) is 15.9 Å². The molecule has 2 aromatic rings. The Balaban J connectivity index is 2.08. The van der Waals surface area contributed by atoms with Gasteiger partial charge in [0.15, 0.2) is 0 Å². The number of carbonyl (C=O) groups is 2. The molecule has 0 aromatic heterocycles. The van der Waals surface area contributed by atoms with E-state index in [0.717, 1.165) is 0 Å². The van der Waals surface area contributed by atoms with Crippen LogP contribution in [-0.2, 0) is 4.74 Å². The van der Waals surface area contributed by atoms with Crippen molar-refractivity contribution in [1.82, 2.24) is 0 Å². The van der Waals surface area contributed by atoms with Gasteiger partial charge in [-0.25, -0.2) is 9.59 Å². The Bertz CT molecular complexity index is 744. The molecule has 2 rings (SSSR count). The lowest BCUT2D eigenvalue weighted by molar-refractivity contribution is 0.0687. The van der Waals surface area contributed by atoms with Gasteiger partial charge in [0.05, 0.1) is 22.2 Å². The first-order chi connectivity index (χ1) is 11.5. The molecule has 0 atom stereocenters. The average Bonchev–Trinajstić information content (AvgIpc) is 2.56. The van der Waals surface area contributed by atoms with Crippen LogP contribution >= 0.6 is 15.9 Å². The molecule has 0 aliphatic heterocycles. The van der Waals surface area contributed by atoms with Crippen molar-refractivity contribution in [2.45, 2.75) is 0 Å². The van der Waals surface area contributed by atoms with Crippen LogP contribution in [0.5, 0.6) is 11.5 Å². The highest BCUT2D eigenvalue weighted by atomic mass is 79.9. The van der Waals surface area contributed by atoms with Gasteiger partial charge in [0, 0.05) is 7.11 Å². The summed E-state index contributed by atoms with van der Waals surface area (Å²) in [7, 11) is 1.58. The maximum atomic E-state index is 12.2. The van der Waals surface area contributed by atoms with E-state index < -0.39 is 11.9 Å². The molecule has 0 saturated heterocycles. The minimum atomic E-state index is -1.09. The molecule has 126 valence electrons. The highest BCUT2D eigenvalue weighted by molar-refractivity contribution is 9.10. The summed E-state index contributed by atoms with van der Waals surface area (Å²) in [5.74, 6) is -0.942. The molecule has 1 N–H and O–H groups in total. The van der Waals surface area contributed by atoms with Crippen LogP contribution in [0.25, 0.3) is 0 Å². The second kappa shape index (κ2) is 8.47. The monoisotopic (exact) mass is 394 g/mol. The lowest BCUT2D eigenvalue weighted by Gasteiger charge is -2.09. The third-order valence-corrected chi connectivity index (χ3v) is 3.62. The maximum Gasteiger partial charge on any atom is 0.343 e. The van der Waals surface area contributed by atoms with Crippen LogP contribution in [0.2, 0.25) is 0 Å². The molecule has 0 heterocycles. The Morgan fingerprint density at radius 2 is 1.88 bits per heavy atom. The van der Waals surface area contributed by atoms with Crippen molar-refractivity contribution in [2.75, 3.05) is 20.3 Å². The number of ether oxygens (including phenoxy) is 3. The van der Waals surface area contributed by atoms with E-state index in [1.165, 1.54) is 24.3 Å². The summed E-state index contributed by atoms with van der Waals surface area (Å²) in [5, 5.41) is 8.95. The third-order valence-electron chi connectivity index (χ3n) is 3.00. The minimum absolute atomic E-state index is 0.0448. The predicted octanol–water partition coefficient (Wildman–Crippen LogP) is 3.39. The highest BCUT2D eigenvalue weighted by Crippen LogP contribution is 2.26. The fourth-order valence-corrected chi connectivity index (χ4v) is 2.33.